The number of hydrogen-bond donors (Lipinski definition) is 0. The van der Waals surface area contributed by atoms with Gasteiger partial charge in [-0.15, -0.1) is 0 Å². The molecule has 0 amide bonds. The molecule has 0 saturated heterocycles. The number of hydrogen-bond acceptors (Lipinski definition) is 3. The number of rotatable bonds is 6. The number of allylic oxidation sites excluding steroid dienone is 1. The lowest BCUT2D eigenvalue weighted by Crippen LogP contribution is -2.04. The highest BCUT2D eigenvalue weighted by Crippen LogP contribution is 2.65. The zero-order valence-corrected chi connectivity index (χ0v) is 11.8. The summed E-state index contributed by atoms with van der Waals surface area (Å²) in [7, 11) is -3.09. The second-order valence-electron chi connectivity index (χ2n) is 3.82. The van der Waals surface area contributed by atoms with E-state index in [-0.39, 0.29) is 6.10 Å². The molecule has 1 rings (SSSR count). The third-order valence-corrected chi connectivity index (χ3v) is 5.45. The predicted molar refractivity (Wildman–Crippen MR) is 66.8 cm³/mol. The summed E-state index contributed by atoms with van der Waals surface area (Å²) in [5.41, 5.74) is 0. The summed E-state index contributed by atoms with van der Waals surface area (Å²) in [6.45, 7) is 6.25. The van der Waals surface area contributed by atoms with E-state index in [9.17, 15) is 4.57 Å². The zero-order chi connectivity index (χ0) is 12.2. The Hall–Kier alpha value is 0.180. The van der Waals surface area contributed by atoms with E-state index in [0.29, 0.717) is 23.4 Å². The van der Waals surface area contributed by atoms with Crippen molar-refractivity contribution < 1.29 is 13.6 Å². The topological polar surface area (TPSA) is 35.5 Å². The average Bonchev–Trinajstić information content (AvgIpc) is 2.49. The largest absolute Gasteiger partial charge is 0.359 e. The maximum absolute atomic E-state index is 12.4. The minimum absolute atomic E-state index is 0.245. The first kappa shape index (κ1) is 14.2. The summed E-state index contributed by atoms with van der Waals surface area (Å²) < 4.78 is 23.2. The molecule has 0 aromatic carbocycles. The molecule has 0 bridgehead atoms. The second kappa shape index (κ2) is 6.20. The van der Waals surface area contributed by atoms with Gasteiger partial charge in [-0.25, -0.2) is 0 Å². The van der Waals surface area contributed by atoms with Crippen LogP contribution in [0.15, 0.2) is 10.3 Å². The van der Waals surface area contributed by atoms with Crippen molar-refractivity contribution in [3.05, 3.63) is 10.3 Å². The molecule has 0 aromatic heterocycles. The van der Waals surface area contributed by atoms with E-state index in [1.165, 1.54) is 0 Å². The van der Waals surface area contributed by atoms with E-state index in [1.807, 2.05) is 13.8 Å². The summed E-state index contributed by atoms with van der Waals surface area (Å²) in [5.74, 6) is 0. The van der Waals surface area contributed by atoms with Crippen molar-refractivity contribution in [3.63, 3.8) is 0 Å². The molecule has 5 heteroatoms. The minimum Gasteiger partial charge on any atom is -0.306 e. The molecule has 0 unspecified atom stereocenters. The maximum Gasteiger partial charge on any atom is 0.359 e. The van der Waals surface area contributed by atoms with Crippen LogP contribution in [0.5, 0.6) is 0 Å². The Kier molecular flexibility index (Phi) is 5.52. The molecule has 0 spiro atoms. The Morgan fingerprint density at radius 3 is 2.62 bits per heavy atom. The molecule has 16 heavy (non-hydrogen) atoms. The van der Waals surface area contributed by atoms with Crippen molar-refractivity contribution in [2.75, 3.05) is 6.61 Å². The minimum atomic E-state index is -3.09. The van der Waals surface area contributed by atoms with E-state index >= 15 is 0 Å². The van der Waals surface area contributed by atoms with Gasteiger partial charge in [0.25, 0.3) is 0 Å². The van der Waals surface area contributed by atoms with Crippen LogP contribution in [-0.4, -0.2) is 12.7 Å². The molecule has 2 atom stereocenters. The van der Waals surface area contributed by atoms with E-state index in [1.54, 1.807) is 0 Å². The van der Waals surface area contributed by atoms with Crippen LogP contribution < -0.4 is 0 Å². The van der Waals surface area contributed by atoms with Crippen molar-refractivity contribution in [3.8, 4) is 0 Å². The first-order valence-corrected chi connectivity index (χ1v) is 7.83. The quantitative estimate of drug-likeness (QED) is 0.656. The summed E-state index contributed by atoms with van der Waals surface area (Å²) >= 11 is 6.20. The van der Waals surface area contributed by atoms with Gasteiger partial charge in [0.1, 0.15) is 6.10 Å². The third-order valence-electron chi connectivity index (χ3n) is 2.59. The summed E-state index contributed by atoms with van der Waals surface area (Å²) in [6.07, 6.45) is 3.19. The van der Waals surface area contributed by atoms with Gasteiger partial charge in [-0.1, -0.05) is 31.9 Å². The Morgan fingerprint density at radius 1 is 1.44 bits per heavy atom. The van der Waals surface area contributed by atoms with E-state index in [4.69, 9.17) is 20.6 Å². The highest BCUT2D eigenvalue weighted by Gasteiger charge is 2.42. The molecular formula is C11H20ClO3P. The van der Waals surface area contributed by atoms with E-state index in [0.717, 1.165) is 19.3 Å². The standard InChI is InChI=1S/C11H20ClO3P/c1-4-7-8-10-11(12)9(5-2)15-16(10,13)14-6-3/h9H,4-8H2,1-3H3/t9-,16+/m0/s1. The fourth-order valence-electron chi connectivity index (χ4n) is 1.73. The first-order chi connectivity index (χ1) is 7.59. The smallest absolute Gasteiger partial charge is 0.306 e. The van der Waals surface area contributed by atoms with Gasteiger partial charge in [0.2, 0.25) is 0 Å². The predicted octanol–water partition coefficient (Wildman–Crippen LogP) is 4.67. The van der Waals surface area contributed by atoms with Gasteiger partial charge < -0.3 is 4.52 Å². The van der Waals surface area contributed by atoms with Crippen LogP contribution in [0.2, 0.25) is 0 Å². The van der Waals surface area contributed by atoms with Crippen molar-refractivity contribution in [1.29, 1.82) is 0 Å². The molecule has 0 aromatic rings. The monoisotopic (exact) mass is 266 g/mol. The lowest BCUT2D eigenvalue weighted by Gasteiger charge is -2.15. The van der Waals surface area contributed by atoms with Crippen molar-refractivity contribution >= 4 is 19.2 Å². The fourth-order valence-corrected chi connectivity index (χ4v) is 4.50. The third kappa shape index (κ3) is 2.89. The summed E-state index contributed by atoms with van der Waals surface area (Å²) in [5, 5.41) is 1.30. The van der Waals surface area contributed by atoms with Crippen LogP contribution in [0.1, 0.15) is 46.5 Å². The molecule has 1 aliphatic heterocycles. The van der Waals surface area contributed by atoms with Crippen molar-refractivity contribution in [2.45, 2.75) is 52.6 Å². The van der Waals surface area contributed by atoms with Gasteiger partial charge in [-0.3, -0.25) is 9.09 Å². The highest BCUT2D eigenvalue weighted by atomic mass is 35.5. The van der Waals surface area contributed by atoms with Crippen LogP contribution in [-0.2, 0) is 13.6 Å². The van der Waals surface area contributed by atoms with E-state index in [2.05, 4.69) is 6.92 Å². The Morgan fingerprint density at radius 2 is 2.12 bits per heavy atom. The number of halogens is 1. The molecule has 1 aliphatic rings. The van der Waals surface area contributed by atoms with Gasteiger partial charge in [-0.05, 0) is 26.2 Å². The molecule has 0 fully saturated rings. The Bertz CT molecular complexity index is 314. The SMILES string of the molecule is CCCCC1=C(Cl)[C@H](CC)O[P@]1(=O)OCC. The van der Waals surface area contributed by atoms with Crippen LogP contribution in [0.4, 0.5) is 0 Å². The van der Waals surface area contributed by atoms with Crippen LogP contribution in [0.25, 0.3) is 0 Å². The fraction of sp³-hybridized carbons (Fsp3) is 0.818. The summed E-state index contributed by atoms with van der Waals surface area (Å²) in [6, 6.07) is 0. The average molecular weight is 267 g/mol. The molecule has 0 N–H and O–H groups in total. The lowest BCUT2D eigenvalue weighted by atomic mass is 10.2. The maximum atomic E-state index is 12.4. The molecule has 94 valence electrons. The van der Waals surface area contributed by atoms with Crippen LogP contribution >= 0.6 is 19.2 Å². The molecule has 0 aliphatic carbocycles. The Labute approximate surface area is 103 Å². The van der Waals surface area contributed by atoms with Gasteiger partial charge in [-0.2, -0.15) is 0 Å². The van der Waals surface area contributed by atoms with Crippen molar-refractivity contribution in [1.82, 2.24) is 0 Å². The zero-order valence-electron chi connectivity index (χ0n) is 10.2. The molecular weight excluding hydrogens is 247 g/mol. The Balaban J connectivity index is 2.91. The highest BCUT2D eigenvalue weighted by molar-refractivity contribution is 7.59. The summed E-state index contributed by atoms with van der Waals surface area (Å²) in [4.78, 5) is 0. The van der Waals surface area contributed by atoms with Gasteiger partial charge >= 0.3 is 7.60 Å². The van der Waals surface area contributed by atoms with Gasteiger partial charge in [0.05, 0.1) is 17.0 Å². The van der Waals surface area contributed by atoms with Gasteiger partial charge in [0, 0.05) is 0 Å². The normalized spacial score (nSPS) is 30.1. The molecule has 1 heterocycles. The second-order valence-corrected chi connectivity index (χ2v) is 6.23. The number of unbranched alkanes of at least 4 members (excludes halogenated alkanes) is 1. The lowest BCUT2D eigenvalue weighted by molar-refractivity contribution is 0.190. The molecule has 3 nitrogen and oxygen atoms in total. The van der Waals surface area contributed by atoms with Gasteiger partial charge in [0.15, 0.2) is 0 Å². The molecule has 0 radical (unpaired) electrons. The van der Waals surface area contributed by atoms with E-state index < -0.39 is 7.60 Å². The molecule has 0 saturated carbocycles. The first-order valence-electron chi connectivity index (χ1n) is 5.91. The van der Waals surface area contributed by atoms with Crippen LogP contribution in [0.3, 0.4) is 0 Å². The van der Waals surface area contributed by atoms with Crippen molar-refractivity contribution in [2.24, 2.45) is 0 Å². The van der Waals surface area contributed by atoms with Crippen LogP contribution in [0, 0.1) is 0 Å².